The van der Waals surface area contributed by atoms with Crippen LogP contribution in [0.4, 0.5) is 5.13 Å². The molecule has 4 nitrogen and oxygen atoms in total. The number of rotatable bonds is 11. The molecule has 0 radical (unpaired) electrons. The van der Waals surface area contributed by atoms with Gasteiger partial charge in [0.25, 0.3) is 0 Å². The van der Waals surface area contributed by atoms with Gasteiger partial charge in [0, 0.05) is 17.8 Å². The number of amides is 1. The minimum Gasteiger partial charge on any atom is -0.309 e. The molecule has 0 aromatic carbocycles. The smallest absolute Gasteiger partial charge is 0.226 e. The lowest BCUT2D eigenvalue weighted by Gasteiger charge is -2.08. The molecule has 0 fully saturated rings. The summed E-state index contributed by atoms with van der Waals surface area (Å²) in [6, 6.07) is 0.232. The van der Waals surface area contributed by atoms with Gasteiger partial charge in [-0.2, -0.15) is 0 Å². The lowest BCUT2D eigenvalue weighted by Crippen LogP contribution is -2.18. The molecule has 2 N–H and O–H groups in total. The fourth-order valence-electron chi connectivity index (χ4n) is 2.20. The molecule has 1 atom stereocenters. The van der Waals surface area contributed by atoms with Gasteiger partial charge >= 0.3 is 0 Å². The molecular formula is C16H29N3OS. The molecule has 1 rings (SSSR count). The Morgan fingerprint density at radius 3 is 2.67 bits per heavy atom. The number of hydrogen-bond donors (Lipinski definition) is 2. The summed E-state index contributed by atoms with van der Waals surface area (Å²) in [4.78, 5) is 16.3. The Kier molecular flexibility index (Phi) is 9.26. The van der Waals surface area contributed by atoms with Gasteiger partial charge in [-0.05, 0) is 19.9 Å². The van der Waals surface area contributed by atoms with Gasteiger partial charge in [-0.1, -0.05) is 46.0 Å². The summed E-state index contributed by atoms with van der Waals surface area (Å²) in [5, 5.41) is 8.94. The molecule has 0 saturated carbocycles. The highest BCUT2D eigenvalue weighted by Gasteiger charge is 2.10. The molecule has 0 bridgehead atoms. The van der Waals surface area contributed by atoms with Crippen LogP contribution in [-0.2, 0) is 4.79 Å². The van der Waals surface area contributed by atoms with Crippen molar-refractivity contribution in [3.63, 3.8) is 0 Å². The van der Waals surface area contributed by atoms with Crippen LogP contribution in [-0.4, -0.2) is 17.4 Å². The summed E-state index contributed by atoms with van der Waals surface area (Å²) in [6.07, 6.45) is 7.81. The average molecular weight is 311 g/mol. The lowest BCUT2D eigenvalue weighted by molar-refractivity contribution is -0.116. The number of carbonyl (C=O) groups is 1. The molecule has 0 saturated heterocycles. The topological polar surface area (TPSA) is 54.0 Å². The first-order valence-corrected chi connectivity index (χ1v) is 9.04. The van der Waals surface area contributed by atoms with Gasteiger partial charge in [0.05, 0.1) is 5.69 Å². The molecule has 1 aromatic rings. The molecule has 0 aliphatic rings. The maximum absolute atomic E-state index is 11.8. The number of carbonyl (C=O) groups excluding carboxylic acids is 1. The average Bonchev–Trinajstić information content (AvgIpc) is 2.91. The van der Waals surface area contributed by atoms with Crippen molar-refractivity contribution in [2.24, 2.45) is 0 Å². The second-order valence-corrected chi connectivity index (χ2v) is 6.28. The first-order valence-electron chi connectivity index (χ1n) is 8.16. The molecule has 120 valence electrons. The van der Waals surface area contributed by atoms with E-state index in [4.69, 9.17) is 0 Å². The van der Waals surface area contributed by atoms with E-state index in [1.54, 1.807) is 0 Å². The van der Waals surface area contributed by atoms with Gasteiger partial charge < -0.3 is 10.6 Å². The Balaban J connectivity index is 2.22. The van der Waals surface area contributed by atoms with Crippen LogP contribution >= 0.6 is 11.3 Å². The summed E-state index contributed by atoms with van der Waals surface area (Å²) in [6.45, 7) is 7.29. The van der Waals surface area contributed by atoms with Crippen molar-refractivity contribution in [1.29, 1.82) is 0 Å². The van der Waals surface area contributed by atoms with E-state index >= 15 is 0 Å². The van der Waals surface area contributed by atoms with Gasteiger partial charge in [-0.25, -0.2) is 4.98 Å². The highest BCUT2D eigenvalue weighted by Crippen LogP contribution is 2.20. The van der Waals surface area contributed by atoms with Gasteiger partial charge in [0.15, 0.2) is 5.13 Å². The van der Waals surface area contributed by atoms with Crippen LogP contribution < -0.4 is 10.6 Å². The van der Waals surface area contributed by atoms with Crippen LogP contribution in [0.2, 0.25) is 0 Å². The van der Waals surface area contributed by atoms with Crippen molar-refractivity contribution in [1.82, 2.24) is 10.3 Å². The largest absolute Gasteiger partial charge is 0.309 e. The highest BCUT2D eigenvalue weighted by molar-refractivity contribution is 7.13. The monoisotopic (exact) mass is 311 g/mol. The van der Waals surface area contributed by atoms with E-state index in [1.165, 1.54) is 37.0 Å². The van der Waals surface area contributed by atoms with Crippen LogP contribution in [0.15, 0.2) is 5.38 Å². The van der Waals surface area contributed by atoms with E-state index in [0.717, 1.165) is 25.1 Å². The van der Waals surface area contributed by atoms with Crippen molar-refractivity contribution < 1.29 is 4.79 Å². The maximum atomic E-state index is 11.8. The fourth-order valence-corrected chi connectivity index (χ4v) is 3.02. The molecule has 21 heavy (non-hydrogen) atoms. The molecule has 1 aromatic heterocycles. The Bertz CT molecular complexity index is 406. The quantitative estimate of drug-likeness (QED) is 0.591. The molecular weight excluding hydrogens is 282 g/mol. The van der Waals surface area contributed by atoms with Crippen molar-refractivity contribution in [3.8, 4) is 0 Å². The SMILES string of the molecule is CCCCCCCCC(=O)Nc1nc(C(C)NCC)cs1. The first kappa shape index (κ1) is 18.1. The summed E-state index contributed by atoms with van der Waals surface area (Å²) in [5.41, 5.74) is 0.997. The third-order valence-corrected chi connectivity index (χ3v) is 4.26. The minimum atomic E-state index is 0.0856. The third-order valence-electron chi connectivity index (χ3n) is 3.48. The zero-order valence-electron chi connectivity index (χ0n) is 13.6. The summed E-state index contributed by atoms with van der Waals surface area (Å²) >= 11 is 1.50. The second-order valence-electron chi connectivity index (χ2n) is 5.42. The summed E-state index contributed by atoms with van der Waals surface area (Å²) in [5.74, 6) is 0.0856. The van der Waals surface area contributed by atoms with E-state index in [1.807, 2.05) is 5.38 Å². The summed E-state index contributed by atoms with van der Waals surface area (Å²) in [7, 11) is 0. The third kappa shape index (κ3) is 7.58. The van der Waals surface area contributed by atoms with Crippen molar-refractivity contribution in [2.45, 2.75) is 71.8 Å². The highest BCUT2D eigenvalue weighted by atomic mass is 32.1. The minimum absolute atomic E-state index is 0.0856. The number of nitrogens with one attached hydrogen (secondary N) is 2. The number of anilines is 1. The Hall–Kier alpha value is -0.940. The van der Waals surface area contributed by atoms with Gasteiger partial charge in [-0.3, -0.25) is 4.79 Å². The molecule has 5 heteroatoms. The molecule has 0 aliphatic heterocycles. The Morgan fingerprint density at radius 2 is 1.95 bits per heavy atom. The van der Waals surface area contributed by atoms with Crippen LogP contribution in [0.1, 0.15) is 77.5 Å². The Labute approximate surface area is 132 Å². The first-order chi connectivity index (χ1) is 10.2. The normalized spacial score (nSPS) is 12.3. The van der Waals surface area contributed by atoms with E-state index in [9.17, 15) is 4.79 Å². The number of hydrogen-bond acceptors (Lipinski definition) is 4. The lowest BCUT2D eigenvalue weighted by atomic mass is 10.1. The predicted molar refractivity (Wildman–Crippen MR) is 90.8 cm³/mol. The standard InChI is InChI=1S/C16H29N3OS/c1-4-6-7-8-9-10-11-15(20)19-16-18-14(12-21-16)13(3)17-5-2/h12-13,17H,4-11H2,1-3H3,(H,18,19,20). The van der Waals surface area contributed by atoms with Crippen LogP contribution in [0.5, 0.6) is 0 Å². The predicted octanol–water partition coefficient (Wildman–Crippen LogP) is 4.50. The van der Waals surface area contributed by atoms with E-state index in [2.05, 4.69) is 36.4 Å². The molecule has 1 amide bonds. The van der Waals surface area contributed by atoms with Gasteiger partial charge in [0.2, 0.25) is 5.91 Å². The van der Waals surface area contributed by atoms with Crippen LogP contribution in [0, 0.1) is 0 Å². The van der Waals surface area contributed by atoms with Crippen LogP contribution in [0.25, 0.3) is 0 Å². The molecule has 1 heterocycles. The van der Waals surface area contributed by atoms with E-state index in [-0.39, 0.29) is 11.9 Å². The van der Waals surface area contributed by atoms with Crippen molar-refractivity contribution in [2.75, 3.05) is 11.9 Å². The zero-order chi connectivity index (χ0) is 15.5. The van der Waals surface area contributed by atoms with Crippen LogP contribution in [0.3, 0.4) is 0 Å². The molecule has 0 spiro atoms. The molecule has 0 aliphatic carbocycles. The van der Waals surface area contributed by atoms with Gasteiger partial charge in [-0.15, -0.1) is 11.3 Å². The number of thiazole rings is 1. The van der Waals surface area contributed by atoms with Crippen molar-refractivity contribution in [3.05, 3.63) is 11.1 Å². The summed E-state index contributed by atoms with van der Waals surface area (Å²) < 4.78 is 0. The molecule has 1 unspecified atom stereocenters. The van der Waals surface area contributed by atoms with Crippen molar-refractivity contribution >= 4 is 22.4 Å². The second kappa shape index (κ2) is 10.7. The Morgan fingerprint density at radius 1 is 1.24 bits per heavy atom. The number of nitrogens with zero attached hydrogens (tertiary/aromatic N) is 1. The zero-order valence-corrected chi connectivity index (χ0v) is 14.4. The number of unbranched alkanes of at least 4 members (excludes halogenated alkanes) is 5. The number of aromatic nitrogens is 1. The maximum Gasteiger partial charge on any atom is 0.226 e. The van der Waals surface area contributed by atoms with E-state index < -0.39 is 0 Å². The fraction of sp³-hybridized carbons (Fsp3) is 0.750. The van der Waals surface area contributed by atoms with E-state index in [0.29, 0.717) is 11.6 Å². The van der Waals surface area contributed by atoms with Gasteiger partial charge in [0.1, 0.15) is 0 Å².